The van der Waals surface area contributed by atoms with Crippen LogP contribution in [0.25, 0.3) is 97.4 Å². The zero-order chi connectivity index (χ0) is 33.5. The molecule has 0 saturated carbocycles. The standard InChI is InChI=1S/C48H30N2S/c1-3-13-31(14-4-1)41-29-35(30-42-40-19-9-12-22-47(40)51-48(41)42)50-44-21-11-8-18-37(44)39-26-24-33(28-46(39)50)32-23-25-38-36-17-7-10-20-43(36)49(45(38)27-32)34-15-5-2-6-16-34/h1-30H. The number of para-hydroxylation sites is 3. The fourth-order valence-electron chi connectivity index (χ4n) is 8.21. The molecule has 0 aliphatic heterocycles. The number of thiophene rings is 1. The summed E-state index contributed by atoms with van der Waals surface area (Å²) < 4.78 is 7.52. The average Bonchev–Trinajstić information content (AvgIpc) is 3.85. The van der Waals surface area contributed by atoms with Crippen molar-refractivity contribution in [2.24, 2.45) is 0 Å². The summed E-state index contributed by atoms with van der Waals surface area (Å²) in [5, 5.41) is 7.65. The van der Waals surface area contributed by atoms with Gasteiger partial charge in [0.2, 0.25) is 0 Å². The smallest absolute Gasteiger partial charge is 0.0547 e. The van der Waals surface area contributed by atoms with Crippen LogP contribution in [0.2, 0.25) is 0 Å². The van der Waals surface area contributed by atoms with E-state index in [4.69, 9.17) is 0 Å². The van der Waals surface area contributed by atoms with Crippen LogP contribution in [0.3, 0.4) is 0 Å². The number of hydrogen-bond donors (Lipinski definition) is 0. The van der Waals surface area contributed by atoms with Crippen molar-refractivity contribution < 1.29 is 0 Å². The van der Waals surface area contributed by atoms with Crippen LogP contribution in [0, 0.1) is 0 Å². The maximum Gasteiger partial charge on any atom is 0.0547 e. The van der Waals surface area contributed by atoms with Gasteiger partial charge in [0.1, 0.15) is 0 Å². The fraction of sp³-hybridized carbons (Fsp3) is 0. The zero-order valence-electron chi connectivity index (χ0n) is 27.6. The minimum Gasteiger partial charge on any atom is -0.309 e. The molecule has 11 aromatic rings. The predicted molar refractivity (Wildman–Crippen MR) is 219 cm³/mol. The van der Waals surface area contributed by atoms with Crippen LogP contribution in [0.15, 0.2) is 182 Å². The first-order valence-electron chi connectivity index (χ1n) is 17.4. The average molecular weight is 667 g/mol. The largest absolute Gasteiger partial charge is 0.309 e. The van der Waals surface area contributed by atoms with Gasteiger partial charge in [-0.3, -0.25) is 0 Å². The zero-order valence-corrected chi connectivity index (χ0v) is 28.4. The number of hydrogen-bond acceptors (Lipinski definition) is 1. The van der Waals surface area contributed by atoms with Gasteiger partial charge in [0.15, 0.2) is 0 Å². The molecule has 0 radical (unpaired) electrons. The van der Waals surface area contributed by atoms with Gasteiger partial charge < -0.3 is 9.13 Å². The van der Waals surface area contributed by atoms with E-state index >= 15 is 0 Å². The van der Waals surface area contributed by atoms with Gasteiger partial charge in [-0.25, -0.2) is 0 Å². The van der Waals surface area contributed by atoms with E-state index in [-0.39, 0.29) is 0 Å². The van der Waals surface area contributed by atoms with Crippen molar-refractivity contribution in [2.45, 2.75) is 0 Å². The number of fused-ring (bicyclic) bond motifs is 9. The molecule has 51 heavy (non-hydrogen) atoms. The van der Waals surface area contributed by atoms with E-state index in [1.165, 1.54) is 97.4 Å². The first-order chi connectivity index (χ1) is 25.3. The normalized spacial score (nSPS) is 11.9. The highest BCUT2D eigenvalue weighted by Gasteiger charge is 2.19. The molecule has 8 aromatic carbocycles. The highest BCUT2D eigenvalue weighted by atomic mass is 32.1. The summed E-state index contributed by atoms with van der Waals surface area (Å²) in [4.78, 5) is 0. The molecule has 238 valence electrons. The van der Waals surface area contributed by atoms with Gasteiger partial charge in [-0.15, -0.1) is 11.3 Å². The molecule has 0 amide bonds. The lowest BCUT2D eigenvalue weighted by Gasteiger charge is -2.13. The highest BCUT2D eigenvalue weighted by molar-refractivity contribution is 7.26. The van der Waals surface area contributed by atoms with Gasteiger partial charge in [-0.1, -0.05) is 127 Å². The second kappa shape index (κ2) is 11.0. The SMILES string of the molecule is c1ccc(-c2cc(-n3c4ccccc4c4ccc(-c5ccc6c7ccccc7n(-c7ccccc7)c6c5)cc43)cc3c2sc2ccccc23)cc1. The molecule has 0 unspecified atom stereocenters. The van der Waals surface area contributed by atoms with Gasteiger partial charge >= 0.3 is 0 Å². The van der Waals surface area contributed by atoms with Crippen molar-refractivity contribution in [3.05, 3.63) is 182 Å². The lowest BCUT2D eigenvalue weighted by Crippen LogP contribution is -1.95. The van der Waals surface area contributed by atoms with E-state index in [0.717, 1.165) is 0 Å². The van der Waals surface area contributed by atoms with Crippen molar-refractivity contribution in [1.82, 2.24) is 9.13 Å². The van der Waals surface area contributed by atoms with Crippen molar-refractivity contribution in [3.8, 4) is 33.6 Å². The molecule has 0 atom stereocenters. The number of benzene rings is 8. The predicted octanol–water partition coefficient (Wildman–Crippen LogP) is 13.6. The van der Waals surface area contributed by atoms with Crippen LogP contribution >= 0.6 is 11.3 Å². The quantitative estimate of drug-likeness (QED) is 0.177. The summed E-state index contributed by atoms with van der Waals surface area (Å²) in [7, 11) is 0. The third-order valence-electron chi connectivity index (χ3n) is 10.5. The summed E-state index contributed by atoms with van der Waals surface area (Å²) in [6.45, 7) is 0. The molecule has 3 heteroatoms. The highest BCUT2D eigenvalue weighted by Crippen LogP contribution is 2.44. The molecule has 3 aromatic heterocycles. The molecule has 0 saturated heterocycles. The van der Waals surface area contributed by atoms with Crippen LogP contribution in [-0.2, 0) is 0 Å². The van der Waals surface area contributed by atoms with Crippen LogP contribution in [0.5, 0.6) is 0 Å². The maximum atomic E-state index is 2.48. The second-order valence-corrected chi connectivity index (χ2v) is 14.4. The minimum absolute atomic E-state index is 1.17. The van der Waals surface area contributed by atoms with Crippen molar-refractivity contribution in [3.63, 3.8) is 0 Å². The number of nitrogens with zero attached hydrogens (tertiary/aromatic N) is 2. The third kappa shape index (κ3) is 4.29. The third-order valence-corrected chi connectivity index (χ3v) is 11.7. The van der Waals surface area contributed by atoms with E-state index in [1.807, 2.05) is 11.3 Å². The Bertz CT molecular complexity index is 3130. The van der Waals surface area contributed by atoms with Crippen molar-refractivity contribution in [2.75, 3.05) is 0 Å². The van der Waals surface area contributed by atoms with Crippen LogP contribution in [0.1, 0.15) is 0 Å². The molecule has 0 N–H and O–H groups in total. The Labute approximate surface area is 298 Å². The van der Waals surface area contributed by atoms with Crippen molar-refractivity contribution >= 4 is 75.1 Å². The molecule has 3 heterocycles. The molecule has 11 rings (SSSR count). The molecule has 0 spiro atoms. The molecule has 0 fully saturated rings. The van der Waals surface area contributed by atoms with Gasteiger partial charge in [-0.05, 0) is 71.3 Å². The Morgan fingerprint density at radius 3 is 1.47 bits per heavy atom. The van der Waals surface area contributed by atoms with Crippen LogP contribution in [-0.4, -0.2) is 9.13 Å². The second-order valence-electron chi connectivity index (χ2n) is 13.3. The summed E-state index contributed by atoms with van der Waals surface area (Å²) in [6, 6.07) is 66.7. The van der Waals surface area contributed by atoms with E-state index in [9.17, 15) is 0 Å². The summed E-state index contributed by atoms with van der Waals surface area (Å²) >= 11 is 1.89. The summed E-state index contributed by atoms with van der Waals surface area (Å²) in [5.74, 6) is 0. The van der Waals surface area contributed by atoms with E-state index < -0.39 is 0 Å². The minimum atomic E-state index is 1.17. The lowest BCUT2D eigenvalue weighted by atomic mass is 10.0. The monoisotopic (exact) mass is 666 g/mol. The van der Waals surface area contributed by atoms with Crippen LogP contribution < -0.4 is 0 Å². The summed E-state index contributed by atoms with van der Waals surface area (Å²) in [6.07, 6.45) is 0. The Balaban J connectivity index is 1.18. The Hall–Kier alpha value is -6.42. The first-order valence-corrected chi connectivity index (χ1v) is 18.3. The van der Waals surface area contributed by atoms with Gasteiger partial charge in [0.05, 0.1) is 22.1 Å². The fourth-order valence-corrected chi connectivity index (χ4v) is 9.43. The van der Waals surface area contributed by atoms with Gasteiger partial charge in [0, 0.05) is 58.7 Å². The molecular formula is C48H30N2S. The molecule has 0 aliphatic carbocycles. The first kappa shape index (κ1) is 28.4. The van der Waals surface area contributed by atoms with E-state index in [2.05, 4.69) is 191 Å². The summed E-state index contributed by atoms with van der Waals surface area (Å²) in [5.41, 5.74) is 12.1. The van der Waals surface area contributed by atoms with Gasteiger partial charge in [0.25, 0.3) is 0 Å². The Morgan fingerprint density at radius 2 is 0.824 bits per heavy atom. The molecule has 2 nitrogen and oxygen atoms in total. The lowest BCUT2D eigenvalue weighted by molar-refractivity contribution is 1.18. The Morgan fingerprint density at radius 1 is 0.314 bits per heavy atom. The van der Waals surface area contributed by atoms with E-state index in [0.29, 0.717) is 0 Å². The molecule has 0 bridgehead atoms. The van der Waals surface area contributed by atoms with Crippen LogP contribution in [0.4, 0.5) is 0 Å². The van der Waals surface area contributed by atoms with E-state index in [1.54, 1.807) is 0 Å². The maximum absolute atomic E-state index is 2.48. The van der Waals surface area contributed by atoms with Crippen molar-refractivity contribution in [1.29, 1.82) is 0 Å². The molecule has 0 aliphatic rings. The Kier molecular flexibility index (Phi) is 6.16. The number of rotatable bonds is 4. The van der Waals surface area contributed by atoms with Gasteiger partial charge in [-0.2, -0.15) is 0 Å². The molecular weight excluding hydrogens is 637 g/mol. The number of aromatic nitrogens is 2. The topological polar surface area (TPSA) is 9.86 Å².